The Bertz CT molecular complexity index is 840. The molecule has 1 saturated heterocycles. The lowest BCUT2D eigenvalue weighted by atomic mass is 9.96. The molecular formula is C20H23N5O. The third kappa shape index (κ3) is 3.60. The Labute approximate surface area is 153 Å². The number of pyridine rings is 1. The summed E-state index contributed by atoms with van der Waals surface area (Å²) in [6.45, 7) is 2.93. The average Bonchev–Trinajstić information content (AvgIpc) is 3.20. The summed E-state index contributed by atoms with van der Waals surface area (Å²) >= 11 is 0. The zero-order valence-electron chi connectivity index (χ0n) is 14.9. The largest absolute Gasteiger partial charge is 0.481 e. The van der Waals surface area contributed by atoms with E-state index in [2.05, 4.69) is 26.1 Å². The first-order chi connectivity index (χ1) is 12.8. The van der Waals surface area contributed by atoms with E-state index in [1.165, 1.54) is 0 Å². The van der Waals surface area contributed by atoms with E-state index in [9.17, 15) is 0 Å². The summed E-state index contributed by atoms with van der Waals surface area (Å²) in [5.41, 5.74) is 2.19. The number of methoxy groups -OCH3 is 1. The summed E-state index contributed by atoms with van der Waals surface area (Å²) < 4.78 is 5.36. The second-order valence-corrected chi connectivity index (χ2v) is 6.63. The van der Waals surface area contributed by atoms with Gasteiger partial charge >= 0.3 is 0 Å². The molecule has 2 aromatic heterocycles. The number of benzene rings is 1. The van der Waals surface area contributed by atoms with E-state index < -0.39 is 0 Å². The molecule has 1 aliphatic rings. The number of aromatic amines is 1. The van der Waals surface area contributed by atoms with Crippen molar-refractivity contribution in [3.8, 4) is 17.3 Å². The Morgan fingerprint density at radius 3 is 2.69 bits per heavy atom. The maximum atomic E-state index is 5.36. The van der Waals surface area contributed by atoms with Crippen molar-refractivity contribution in [1.82, 2.24) is 25.1 Å². The highest BCUT2D eigenvalue weighted by molar-refractivity contribution is 5.53. The SMILES string of the molecule is COc1ncccc1CN1CCC(c2nc(-c3ccccc3)n[nH]2)CC1. The molecule has 1 aromatic carbocycles. The van der Waals surface area contributed by atoms with Gasteiger partial charge in [0, 0.05) is 29.8 Å². The van der Waals surface area contributed by atoms with Crippen molar-refractivity contribution in [3.63, 3.8) is 0 Å². The van der Waals surface area contributed by atoms with E-state index in [4.69, 9.17) is 9.72 Å². The van der Waals surface area contributed by atoms with Crippen LogP contribution in [0.25, 0.3) is 11.4 Å². The number of aromatic nitrogens is 4. The van der Waals surface area contributed by atoms with E-state index >= 15 is 0 Å². The van der Waals surface area contributed by atoms with Gasteiger partial charge in [-0.1, -0.05) is 36.4 Å². The predicted octanol–water partition coefficient (Wildman–Crippen LogP) is 3.25. The molecule has 6 nitrogen and oxygen atoms in total. The predicted molar refractivity (Wildman–Crippen MR) is 99.9 cm³/mol. The van der Waals surface area contributed by atoms with Crippen molar-refractivity contribution in [2.24, 2.45) is 0 Å². The molecule has 26 heavy (non-hydrogen) atoms. The Morgan fingerprint density at radius 1 is 1.12 bits per heavy atom. The van der Waals surface area contributed by atoms with Gasteiger partial charge in [0.25, 0.3) is 0 Å². The van der Waals surface area contributed by atoms with Gasteiger partial charge in [0.1, 0.15) is 5.82 Å². The molecule has 1 fully saturated rings. The van der Waals surface area contributed by atoms with Crippen LogP contribution in [0.1, 0.15) is 30.1 Å². The maximum Gasteiger partial charge on any atom is 0.217 e. The van der Waals surface area contributed by atoms with Gasteiger partial charge in [-0.05, 0) is 32.0 Å². The van der Waals surface area contributed by atoms with Gasteiger partial charge in [-0.2, -0.15) is 5.10 Å². The molecule has 0 aliphatic carbocycles. The number of rotatable bonds is 5. The molecule has 6 heteroatoms. The average molecular weight is 349 g/mol. The molecule has 0 unspecified atom stereocenters. The number of likely N-dealkylation sites (tertiary alicyclic amines) is 1. The third-order valence-corrected chi connectivity index (χ3v) is 4.95. The topological polar surface area (TPSA) is 66.9 Å². The molecule has 0 bridgehead atoms. The lowest BCUT2D eigenvalue weighted by Gasteiger charge is -2.31. The van der Waals surface area contributed by atoms with Gasteiger partial charge < -0.3 is 4.74 Å². The standard InChI is InChI=1S/C20H23N5O/c1-26-20-17(8-5-11-21-20)14-25-12-9-16(10-13-25)19-22-18(23-24-19)15-6-3-2-4-7-15/h2-8,11,16H,9-10,12-14H2,1H3,(H,22,23,24). The van der Waals surface area contributed by atoms with Crippen LogP contribution in [0.4, 0.5) is 0 Å². The van der Waals surface area contributed by atoms with Crippen molar-refractivity contribution >= 4 is 0 Å². The van der Waals surface area contributed by atoms with Crippen LogP contribution >= 0.6 is 0 Å². The van der Waals surface area contributed by atoms with Crippen LogP contribution in [0.3, 0.4) is 0 Å². The van der Waals surface area contributed by atoms with Gasteiger partial charge in [0.05, 0.1) is 7.11 Å². The molecule has 3 aromatic rings. The fraction of sp³-hybridized carbons (Fsp3) is 0.350. The van der Waals surface area contributed by atoms with Crippen molar-refractivity contribution in [2.75, 3.05) is 20.2 Å². The van der Waals surface area contributed by atoms with Crippen molar-refractivity contribution in [3.05, 3.63) is 60.0 Å². The first kappa shape index (κ1) is 16.7. The van der Waals surface area contributed by atoms with Crippen LogP contribution in [0.5, 0.6) is 5.88 Å². The minimum Gasteiger partial charge on any atom is -0.481 e. The number of hydrogen-bond acceptors (Lipinski definition) is 5. The molecule has 0 spiro atoms. The molecule has 1 aliphatic heterocycles. The van der Waals surface area contributed by atoms with E-state index in [-0.39, 0.29) is 0 Å². The van der Waals surface area contributed by atoms with E-state index in [0.29, 0.717) is 5.92 Å². The number of H-pyrrole nitrogens is 1. The van der Waals surface area contributed by atoms with Crippen LogP contribution in [0.15, 0.2) is 48.7 Å². The zero-order valence-corrected chi connectivity index (χ0v) is 14.9. The maximum absolute atomic E-state index is 5.36. The number of piperidine rings is 1. The molecule has 0 atom stereocenters. The summed E-state index contributed by atoms with van der Waals surface area (Å²) in [5, 5.41) is 7.54. The molecule has 134 valence electrons. The summed E-state index contributed by atoms with van der Waals surface area (Å²) in [6.07, 6.45) is 3.92. The van der Waals surface area contributed by atoms with Gasteiger partial charge in [0.15, 0.2) is 5.82 Å². The lowest BCUT2D eigenvalue weighted by Crippen LogP contribution is -2.33. The van der Waals surface area contributed by atoms with E-state index in [0.717, 1.165) is 61.1 Å². The third-order valence-electron chi connectivity index (χ3n) is 4.95. The molecule has 0 radical (unpaired) electrons. The highest BCUT2D eigenvalue weighted by Gasteiger charge is 2.24. The molecule has 0 amide bonds. The van der Waals surface area contributed by atoms with Crippen LogP contribution in [0.2, 0.25) is 0 Å². The Balaban J connectivity index is 1.37. The summed E-state index contributed by atoms with van der Waals surface area (Å²) in [7, 11) is 1.67. The number of nitrogens with one attached hydrogen (secondary N) is 1. The molecule has 0 saturated carbocycles. The first-order valence-corrected chi connectivity index (χ1v) is 9.01. The van der Waals surface area contributed by atoms with Crippen LogP contribution in [0, 0.1) is 0 Å². The second kappa shape index (κ2) is 7.66. The Kier molecular flexibility index (Phi) is 4.93. The highest BCUT2D eigenvalue weighted by atomic mass is 16.5. The molecular weight excluding hydrogens is 326 g/mol. The Morgan fingerprint density at radius 2 is 1.92 bits per heavy atom. The van der Waals surface area contributed by atoms with Crippen molar-refractivity contribution in [1.29, 1.82) is 0 Å². The Hall–Kier alpha value is -2.73. The smallest absolute Gasteiger partial charge is 0.217 e. The fourth-order valence-corrected chi connectivity index (χ4v) is 3.51. The van der Waals surface area contributed by atoms with E-state index in [1.54, 1.807) is 13.3 Å². The first-order valence-electron chi connectivity index (χ1n) is 9.01. The molecule has 3 heterocycles. The monoisotopic (exact) mass is 349 g/mol. The fourth-order valence-electron chi connectivity index (χ4n) is 3.51. The van der Waals surface area contributed by atoms with Crippen molar-refractivity contribution < 1.29 is 4.74 Å². The van der Waals surface area contributed by atoms with Gasteiger partial charge in [-0.25, -0.2) is 9.97 Å². The van der Waals surface area contributed by atoms with Crippen LogP contribution in [-0.2, 0) is 6.54 Å². The van der Waals surface area contributed by atoms with Crippen LogP contribution in [-0.4, -0.2) is 45.3 Å². The quantitative estimate of drug-likeness (QED) is 0.766. The normalized spacial score (nSPS) is 15.9. The van der Waals surface area contributed by atoms with Gasteiger partial charge in [-0.3, -0.25) is 10.00 Å². The van der Waals surface area contributed by atoms with Gasteiger partial charge in [0.2, 0.25) is 5.88 Å². The molecule has 4 rings (SSSR count). The lowest BCUT2D eigenvalue weighted by molar-refractivity contribution is 0.199. The van der Waals surface area contributed by atoms with E-state index in [1.807, 2.05) is 36.4 Å². The minimum atomic E-state index is 0.437. The number of ether oxygens (including phenoxy) is 1. The summed E-state index contributed by atoms with van der Waals surface area (Å²) in [6, 6.07) is 14.1. The summed E-state index contributed by atoms with van der Waals surface area (Å²) in [5.74, 6) is 2.94. The zero-order chi connectivity index (χ0) is 17.8. The van der Waals surface area contributed by atoms with Crippen molar-refractivity contribution in [2.45, 2.75) is 25.3 Å². The number of hydrogen-bond donors (Lipinski definition) is 1. The highest BCUT2D eigenvalue weighted by Crippen LogP contribution is 2.28. The number of nitrogens with zero attached hydrogens (tertiary/aromatic N) is 4. The van der Waals surface area contributed by atoms with Gasteiger partial charge in [-0.15, -0.1) is 0 Å². The minimum absolute atomic E-state index is 0.437. The van der Waals surface area contributed by atoms with Crippen LogP contribution < -0.4 is 4.74 Å². The molecule has 1 N–H and O–H groups in total. The second-order valence-electron chi connectivity index (χ2n) is 6.63. The summed E-state index contributed by atoms with van der Waals surface area (Å²) in [4.78, 5) is 11.5.